The minimum absolute atomic E-state index is 0.469. The number of anilines is 1. The molecule has 1 unspecified atom stereocenters. The predicted molar refractivity (Wildman–Crippen MR) is 55.7 cm³/mol. The zero-order chi connectivity index (χ0) is 10.2. The minimum Gasteiger partial charge on any atom is -0.390 e. The molecule has 3 N–H and O–H groups in total. The maximum absolute atomic E-state index is 10.1. The topological polar surface area (TPSA) is 59.1 Å². The largest absolute Gasteiger partial charge is 0.390 e. The van der Waals surface area contributed by atoms with Crippen molar-refractivity contribution in [2.75, 3.05) is 5.73 Å². The van der Waals surface area contributed by atoms with Crippen molar-refractivity contribution in [3.05, 3.63) is 23.9 Å². The summed E-state index contributed by atoms with van der Waals surface area (Å²) in [6.45, 7) is 1.90. The number of pyridine rings is 1. The van der Waals surface area contributed by atoms with Gasteiger partial charge in [0.05, 0.1) is 5.60 Å². The second-order valence-corrected chi connectivity index (χ2v) is 4.40. The summed E-state index contributed by atoms with van der Waals surface area (Å²) in [4.78, 5) is 3.93. The highest BCUT2D eigenvalue weighted by Gasteiger charge is 2.39. The first kappa shape index (κ1) is 9.46. The molecule has 3 heteroatoms. The molecule has 1 aromatic rings. The molecule has 2 rings (SSSR count). The fourth-order valence-electron chi connectivity index (χ4n) is 1.87. The second-order valence-electron chi connectivity index (χ2n) is 4.40. The van der Waals surface area contributed by atoms with Gasteiger partial charge in [-0.05, 0) is 43.4 Å². The molecular formula is C11H16N2O. The van der Waals surface area contributed by atoms with Crippen LogP contribution in [-0.2, 0) is 6.42 Å². The van der Waals surface area contributed by atoms with E-state index < -0.39 is 5.60 Å². The van der Waals surface area contributed by atoms with E-state index >= 15 is 0 Å². The average Bonchev–Trinajstić information content (AvgIpc) is 2.84. The first-order valence-corrected chi connectivity index (χ1v) is 5.01. The third kappa shape index (κ3) is 2.04. The quantitative estimate of drug-likeness (QED) is 0.760. The molecule has 14 heavy (non-hydrogen) atoms. The Kier molecular flexibility index (Phi) is 2.19. The fraction of sp³-hybridized carbons (Fsp3) is 0.545. The van der Waals surface area contributed by atoms with Gasteiger partial charge in [0.25, 0.3) is 0 Å². The summed E-state index contributed by atoms with van der Waals surface area (Å²) < 4.78 is 0. The van der Waals surface area contributed by atoms with E-state index in [1.54, 1.807) is 6.20 Å². The second kappa shape index (κ2) is 3.24. The van der Waals surface area contributed by atoms with E-state index in [1.807, 2.05) is 19.1 Å². The predicted octanol–water partition coefficient (Wildman–Crippen LogP) is 1.37. The van der Waals surface area contributed by atoms with Crippen molar-refractivity contribution in [2.45, 2.75) is 31.8 Å². The molecule has 0 amide bonds. The van der Waals surface area contributed by atoms with E-state index in [9.17, 15) is 5.11 Å². The van der Waals surface area contributed by atoms with Crippen LogP contribution in [0.5, 0.6) is 0 Å². The Hall–Kier alpha value is -1.09. The summed E-state index contributed by atoms with van der Waals surface area (Å²) in [6.07, 6.45) is 4.65. The van der Waals surface area contributed by atoms with E-state index in [-0.39, 0.29) is 0 Å². The van der Waals surface area contributed by atoms with E-state index in [4.69, 9.17) is 5.73 Å². The van der Waals surface area contributed by atoms with Crippen molar-refractivity contribution in [1.29, 1.82) is 0 Å². The van der Waals surface area contributed by atoms with Crippen LogP contribution in [0.15, 0.2) is 18.3 Å². The monoisotopic (exact) mass is 192 g/mol. The molecule has 1 fully saturated rings. The van der Waals surface area contributed by atoms with Crippen molar-refractivity contribution >= 4 is 5.82 Å². The van der Waals surface area contributed by atoms with Crippen LogP contribution >= 0.6 is 0 Å². The van der Waals surface area contributed by atoms with Gasteiger partial charge in [-0.15, -0.1) is 0 Å². The highest BCUT2D eigenvalue weighted by atomic mass is 16.3. The van der Waals surface area contributed by atoms with E-state index in [0.29, 0.717) is 18.2 Å². The Balaban J connectivity index is 2.09. The van der Waals surface area contributed by atoms with Crippen LogP contribution in [0, 0.1) is 5.92 Å². The molecular weight excluding hydrogens is 176 g/mol. The maximum Gasteiger partial charge on any atom is 0.123 e. The summed E-state index contributed by atoms with van der Waals surface area (Å²) in [6, 6.07) is 3.74. The molecule has 1 saturated carbocycles. The van der Waals surface area contributed by atoms with Gasteiger partial charge in [-0.1, -0.05) is 0 Å². The van der Waals surface area contributed by atoms with Gasteiger partial charge in [-0.25, -0.2) is 4.98 Å². The number of nitrogens with two attached hydrogens (primary N) is 1. The van der Waals surface area contributed by atoms with Gasteiger partial charge < -0.3 is 10.8 Å². The van der Waals surface area contributed by atoms with Crippen molar-refractivity contribution in [1.82, 2.24) is 4.98 Å². The SMILES string of the molecule is CC(O)(Cc1ccnc(N)c1)C1CC1. The average molecular weight is 192 g/mol. The van der Waals surface area contributed by atoms with Crippen LogP contribution in [0.1, 0.15) is 25.3 Å². The summed E-state index contributed by atoms with van der Waals surface area (Å²) in [5.74, 6) is 0.992. The zero-order valence-corrected chi connectivity index (χ0v) is 8.40. The standard InChI is InChI=1S/C11H16N2O/c1-11(14,9-2-3-9)7-8-4-5-13-10(12)6-8/h4-6,9,14H,2-3,7H2,1H3,(H2,12,13). The van der Waals surface area contributed by atoms with Crippen LogP contribution < -0.4 is 5.73 Å². The molecule has 0 bridgehead atoms. The number of hydrogen-bond acceptors (Lipinski definition) is 3. The Morgan fingerprint density at radius 2 is 2.36 bits per heavy atom. The van der Waals surface area contributed by atoms with Gasteiger partial charge in [0.15, 0.2) is 0 Å². The smallest absolute Gasteiger partial charge is 0.123 e. The summed E-state index contributed by atoms with van der Waals surface area (Å²) >= 11 is 0. The molecule has 0 aromatic carbocycles. The number of hydrogen-bond donors (Lipinski definition) is 2. The fourth-order valence-corrected chi connectivity index (χ4v) is 1.87. The van der Waals surface area contributed by atoms with Gasteiger partial charge in [0, 0.05) is 12.6 Å². The highest BCUT2D eigenvalue weighted by molar-refractivity contribution is 5.32. The maximum atomic E-state index is 10.1. The number of nitrogens with zero attached hydrogens (tertiary/aromatic N) is 1. The van der Waals surface area contributed by atoms with Crippen molar-refractivity contribution in [2.24, 2.45) is 5.92 Å². The van der Waals surface area contributed by atoms with Gasteiger partial charge in [0.2, 0.25) is 0 Å². The van der Waals surface area contributed by atoms with Crippen molar-refractivity contribution in [3.8, 4) is 0 Å². The first-order valence-electron chi connectivity index (χ1n) is 5.01. The van der Waals surface area contributed by atoms with Crippen LogP contribution in [-0.4, -0.2) is 15.7 Å². The van der Waals surface area contributed by atoms with Crippen LogP contribution in [0.4, 0.5) is 5.82 Å². The zero-order valence-electron chi connectivity index (χ0n) is 8.40. The molecule has 3 nitrogen and oxygen atoms in total. The number of aliphatic hydroxyl groups is 1. The lowest BCUT2D eigenvalue weighted by Gasteiger charge is -2.22. The van der Waals surface area contributed by atoms with Gasteiger partial charge in [-0.2, -0.15) is 0 Å². The highest BCUT2D eigenvalue weighted by Crippen LogP contribution is 2.41. The third-order valence-corrected chi connectivity index (χ3v) is 2.86. The van der Waals surface area contributed by atoms with E-state index in [0.717, 1.165) is 18.4 Å². The molecule has 76 valence electrons. The van der Waals surface area contributed by atoms with Gasteiger partial charge in [0.1, 0.15) is 5.82 Å². The number of rotatable bonds is 3. The Morgan fingerprint density at radius 3 is 2.93 bits per heavy atom. The first-order chi connectivity index (χ1) is 6.58. The summed E-state index contributed by atoms with van der Waals surface area (Å²) in [5, 5.41) is 10.1. The Morgan fingerprint density at radius 1 is 1.64 bits per heavy atom. The molecule has 1 aliphatic carbocycles. The van der Waals surface area contributed by atoms with Gasteiger partial charge in [-0.3, -0.25) is 0 Å². The number of aromatic nitrogens is 1. The Bertz CT molecular complexity index is 332. The lowest BCUT2D eigenvalue weighted by Crippen LogP contribution is -2.29. The summed E-state index contributed by atoms with van der Waals surface area (Å²) in [5.41, 5.74) is 6.07. The third-order valence-electron chi connectivity index (χ3n) is 2.86. The molecule has 1 aliphatic rings. The van der Waals surface area contributed by atoms with Crippen molar-refractivity contribution in [3.63, 3.8) is 0 Å². The normalized spacial score (nSPS) is 20.4. The molecule has 1 atom stereocenters. The van der Waals surface area contributed by atoms with Gasteiger partial charge >= 0.3 is 0 Å². The number of nitrogen functional groups attached to an aromatic ring is 1. The van der Waals surface area contributed by atoms with Crippen molar-refractivity contribution < 1.29 is 5.11 Å². The minimum atomic E-state index is -0.576. The van der Waals surface area contributed by atoms with E-state index in [1.165, 1.54) is 0 Å². The van der Waals surface area contributed by atoms with Crippen LogP contribution in [0.3, 0.4) is 0 Å². The lowest BCUT2D eigenvalue weighted by atomic mass is 9.92. The molecule has 0 aliphatic heterocycles. The van der Waals surface area contributed by atoms with E-state index in [2.05, 4.69) is 4.98 Å². The molecule has 0 radical (unpaired) electrons. The Labute approximate surface area is 84.0 Å². The molecule has 0 spiro atoms. The van der Waals surface area contributed by atoms with Crippen LogP contribution in [0.2, 0.25) is 0 Å². The lowest BCUT2D eigenvalue weighted by molar-refractivity contribution is 0.0372. The molecule has 1 heterocycles. The summed E-state index contributed by atoms with van der Waals surface area (Å²) in [7, 11) is 0. The molecule has 1 aromatic heterocycles. The van der Waals surface area contributed by atoms with Crippen LogP contribution in [0.25, 0.3) is 0 Å². The molecule has 0 saturated heterocycles.